The molecule has 0 fully saturated rings. The molecule has 1 rings (SSSR count). The Morgan fingerprint density at radius 3 is 2.71 bits per heavy atom. The van der Waals surface area contributed by atoms with E-state index in [1.54, 1.807) is 6.92 Å². The van der Waals surface area contributed by atoms with Gasteiger partial charge in [-0.15, -0.1) is 0 Å². The third kappa shape index (κ3) is 2.77. The molecule has 0 unspecified atom stereocenters. The average Bonchev–Trinajstić information content (AvgIpc) is 2.26. The van der Waals surface area contributed by atoms with Crippen LogP contribution in [-0.4, -0.2) is 17.6 Å². The second kappa shape index (κ2) is 5.37. The van der Waals surface area contributed by atoms with E-state index in [9.17, 15) is 9.59 Å². The molecule has 17 heavy (non-hydrogen) atoms. The van der Waals surface area contributed by atoms with Gasteiger partial charge in [-0.3, -0.25) is 9.59 Å². The molecule has 88 valence electrons. The lowest BCUT2D eigenvalue weighted by molar-refractivity contribution is -0.124. The van der Waals surface area contributed by atoms with Gasteiger partial charge in [0.25, 0.3) is 0 Å². The maximum Gasteiger partial charge on any atom is 0.242 e. The first-order valence-electron chi connectivity index (χ1n) is 4.77. The van der Waals surface area contributed by atoms with E-state index < -0.39 is 23.7 Å². The van der Waals surface area contributed by atoms with Crippen molar-refractivity contribution in [2.45, 2.75) is 6.92 Å². The Hall–Kier alpha value is -1.99. The van der Waals surface area contributed by atoms with Gasteiger partial charge < -0.3 is 11.1 Å². The zero-order chi connectivity index (χ0) is 13.0. The smallest absolute Gasteiger partial charge is 0.242 e. The minimum absolute atomic E-state index is 0.0231. The summed E-state index contributed by atoms with van der Waals surface area (Å²) in [6.45, 7) is 1.63. The summed E-state index contributed by atoms with van der Waals surface area (Å²) in [4.78, 5) is 22.2. The molecule has 1 heterocycles. The number of hydrogen-bond acceptors (Lipinski definition) is 5. The van der Waals surface area contributed by atoms with Crippen molar-refractivity contribution < 1.29 is 9.59 Å². The molecule has 7 heteroatoms. The second-order valence-corrected chi connectivity index (χ2v) is 4.48. The summed E-state index contributed by atoms with van der Waals surface area (Å²) >= 11 is 0.999. The monoisotopic (exact) mass is 250 g/mol. The first-order chi connectivity index (χ1) is 8.01. The average molecular weight is 250 g/mol. The molecular weight excluding hydrogens is 240 g/mol. The number of rotatable bonds is 3. The SMILES string of the molecule is C[C@H]1C(C#N)=C(SCC(N)=O)NC(=O)[C@H]1C#N. The Morgan fingerprint density at radius 1 is 1.59 bits per heavy atom. The van der Waals surface area contributed by atoms with E-state index in [0.29, 0.717) is 10.6 Å². The lowest BCUT2D eigenvalue weighted by Gasteiger charge is -2.25. The molecule has 0 aromatic carbocycles. The molecule has 0 aromatic heterocycles. The molecule has 3 N–H and O–H groups in total. The molecule has 6 nitrogen and oxygen atoms in total. The van der Waals surface area contributed by atoms with Gasteiger partial charge in [-0.25, -0.2) is 0 Å². The number of carbonyl (C=O) groups is 2. The van der Waals surface area contributed by atoms with E-state index in [1.165, 1.54) is 0 Å². The van der Waals surface area contributed by atoms with Crippen LogP contribution in [-0.2, 0) is 9.59 Å². The van der Waals surface area contributed by atoms with E-state index in [1.807, 2.05) is 12.1 Å². The fraction of sp³-hybridized carbons (Fsp3) is 0.400. The number of nitriles is 2. The van der Waals surface area contributed by atoms with Crippen molar-refractivity contribution in [3.8, 4) is 12.1 Å². The van der Waals surface area contributed by atoms with Crippen LogP contribution < -0.4 is 11.1 Å². The Balaban J connectivity index is 3.01. The number of primary amides is 1. The summed E-state index contributed by atoms with van der Waals surface area (Å²) in [6.07, 6.45) is 0. The number of amides is 2. The van der Waals surface area contributed by atoms with Crippen LogP contribution in [0.2, 0.25) is 0 Å². The molecule has 0 saturated carbocycles. The molecule has 0 bridgehead atoms. The highest BCUT2D eigenvalue weighted by molar-refractivity contribution is 8.03. The van der Waals surface area contributed by atoms with E-state index >= 15 is 0 Å². The summed E-state index contributed by atoms with van der Waals surface area (Å²) in [6, 6.07) is 3.81. The van der Waals surface area contributed by atoms with E-state index in [0.717, 1.165) is 11.8 Å². The van der Waals surface area contributed by atoms with Crippen LogP contribution in [0.1, 0.15) is 6.92 Å². The maximum atomic E-state index is 11.5. The molecule has 1 aliphatic heterocycles. The minimum Gasteiger partial charge on any atom is -0.369 e. The van der Waals surface area contributed by atoms with Crippen LogP contribution in [0.5, 0.6) is 0 Å². The van der Waals surface area contributed by atoms with Crippen LogP contribution in [0.4, 0.5) is 0 Å². The molecular formula is C10H10N4O2S. The molecule has 1 aliphatic rings. The number of allylic oxidation sites excluding steroid dienone is 1. The van der Waals surface area contributed by atoms with Crippen molar-refractivity contribution in [1.82, 2.24) is 5.32 Å². The predicted molar refractivity (Wildman–Crippen MR) is 60.7 cm³/mol. The largest absolute Gasteiger partial charge is 0.369 e. The zero-order valence-corrected chi connectivity index (χ0v) is 9.87. The number of nitrogens with zero attached hydrogens (tertiary/aromatic N) is 2. The van der Waals surface area contributed by atoms with Crippen LogP contribution in [0.25, 0.3) is 0 Å². The summed E-state index contributed by atoms with van der Waals surface area (Å²) in [5.41, 5.74) is 5.30. The van der Waals surface area contributed by atoms with Gasteiger partial charge >= 0.3 is 0 Å². The number of thioether (sulfide) groups is 1. The third-order valence-corrected chi connectivity index (χ3v) is 3.38. The van der Waals surface area contributed by atoms with Crippen molar-refractivity contribution >= 4 is 23.6 Å². The Kier molecular flexibility index (Phi) is 4.13. The van der Waals surface area contributed by atoms with Gasteiger partial charge in [0, 0.05) is 5.92 Å². The lowest BCUT2D eigenvalue weighted by Crippen LogP contribution is -2.39. The minimum atomic E-state index is -0.873. The highest BCUT2D eigenvalue weighted by atomic mass is 32.2. The molecule has 0 aliphatic carbocycles. The Bertz CT molecular complexity index is 472. The molecule has 0 spiro atoms. The first kappa shape index (κ1) is 13.1. The summed E-state index contributed by atoms with van der Waals surface area (Å²) in [5, 5.41) is 20.6. The number of carbonyl (C=O) groups excluding carboxylic acids is 2. The van der Waals surface area contributed by atoms with Gasteiger partial charge in [-0.05, 0) is 0 Å². The lowest BCUT2D eigenvalue weighted by atomic mass is 9.86. The topological polar surface area (TPSA) is 120 Å². The van der Waals surface area contributed by atoms with Crippen molar-refractivity contribution in [2.75, 3.05) is 5.75 Å². The highest BCUT2D eigenvalue weighted by Gasteiger charge is 2.35. The summed E-state index contributed by atoms with van der Waals surface area (Å²) in [7, 11) is 0. The quantitative estimate of drug-likeness (QED) is 0.721. The van der Waals surface area contributed by atoms with Gasteiger partial charge in [0.1, 0.15) is 5.92 Å². The fourth-order valence-corrected chi connectivity index (χ4v) is 2.28. The standard InChI is InChI=1S/C10H10N4O2S/c1-5-6(2-11)9(16)14-10(7(5)3-12)17-4-8(13)15/h5-6H,4H2,1H3,(H2,13,15)(H,14,16)/t5-,6+/m1/s1. The van der Waals surface area contributed by atoms with Crippen molar-refractivity contribution in [2.24, 2.45) is 17.6 Å². The Morgan fingerprint density at radius 2 is 2.24 bits per heavy atom. The fourth-order valence-electron chi connectivity index (χ4n) is 1.44. The predicted octanol–water partition coefficient (Wildman–Crippen LogP) is -0.154. The van der Waals surface area contributed by atoms with Crippen LogP contribution in [0, 0.1) is 34.5 Å². The number of nitrogens with two attached hydrogens (primary N) is 1. The van der Waals surface area contributed by atoms with Crippen LogP contribution in [0.15, 0.2) is 10.6 Å². The van der Waals surface area contributed by atoms with E-state index in [-0.39, 0.29) is 5.75 Å². The van der Waals surface area contributed by atoms with Crippen LogP contribution in [0.3, 0.4) is 0 Å². The summed E-state index contributed by atoms with van der Waals surface area (Å²) < 4.78 is 0. The Labute approximate surface area is 102 Å². The summed E-state index contributed by atoms with van der Waals surface area (Å²) in [5.74, 6) is -2.36. The van der Waals surface area contributed by atoms with Crippen LogP contribution >= 0.6 is 11.8 Å². The highest BCUT2D eigenvalue weighted by Crippen LogP contribution is 2.31. The normalized spacial score (nSPS) is 23.6. The van der Waals surface area contributed by atoms with Crippen molar-refractivity contribution in [3.05, 3.63) is 10.6 Å². The molecule has 0 aromatic rings. The molecule has 2 amide bonds. The van der Waals surface area contributed by atoms with Gasteiger partial charge in [0.15, 0.2) is 0 Å². The van der Waals surface area contributed by atoms with E-state index in [2.05, 4.69) is 5.32 Å². The first-order valence-corrected chi connectivity index (χ1v) is 5.75. The van der Waals surface area contributed by atoms with Gasteiger partial charge in [-0.1, -0.05) is 18.7 Å². The second-order valence-electron chi connectivity index (χ2n) is 3.49. The van der Waals surface area contributed by atoms with Gasteiger partial charge in [0.05, 0.1) is 28.5 Å². The van der Waals surface area contributed by atoms with Crippen molar-refractivity contribution in [1.29, 1.82) is 10.5 Å². The van der Waals surface area contributed by atoms with E-state index in [4.69, 9.17) is 16.3 Å². The maximum absolute atomic E-state index is 11.5. The molecule has 2 atom stereocenters. The van der Waals surface area contributed by atoms with Gasteiger partial charge in [0.2, 0.25) is 11.8 Å². The molecule has 0 radical (unpaired) electrons. The van der Waals surface area contributed by atoms with Crippen molar-refractivity contribution in [3.63, 3.8) is 0 Å². The van der Waals surface area contributed by atoms with Gasteiger partial charge in [-0.2, -0.15) is 10.5 Å². The third-order valence-electron chi connectivity index (χ3n) is 2.34. The zero-order valence-electron chi connectivity index (χ0n) is 9.06. The number of nitrogens with one attached hydrogen (secondary N) is 1. The number of hydrogen-bond donors (Lipinski definition) is 2. The molecule has 0 saturated heterocycles.